The largest absolute Gasteiger partial charge is 0.309 e. The molecule has 43 heavy (non-hydrogen) atoms. The van der Waals surface area contributed by atoms with Crippen LogP contribution in [0.4, 0.5) is 0 Å². The molecule has 0 unspecified atom stereocenters. The third-order valence-electron chi connectivity index (χ3n) is 8.55. The summed E-state index contributed by atoms with van der Waals surface area (Å²) in [6.45, 7) is 0. The Kier molecular flexibility index (Phi) is 4.87. The van der Waals surface area contributed by atoms with Crippen LogP contribution < -0.4 is 0 Å². The number of hydrogen-bond acceptors (Lipinski definition) is 3. The average Bonchev–Trinajstić information content (AvgIpc) is 3.72. The van der Waals surface area contributed by atoms with Crippen molar-refractivity contribution < 1.29 is 0 Å². The summed E-state index contributed by atoms with van der Waals surface area (Å²) in [6, 6.07) is 46.6. The van der Waals surface area contributed by atoms with E-state index in [0.717, 1.165) is 55.0 Å². The van der Waals surface area contributed by atoms with E-state index in [1.165, 1.54) is 20.2 Å². The molecule has 0 saturated carbocycles. The molecular weight excluding hydrogens is 545 g/mol. The minimum atomic E-state index is 0.651. The van der Waals surface area contributed by atoms with E-state index in [2.05, 4.69) is 106 Å². The standard InChI is InChI=1S/C38H20N4S/c39-21-23-12-16-34-31(18-23)27-8-1-3-10-33(27)41(34)25-6-5-7-26(20-25)42-35-17-13-24(22-40)19-32(35)29-14-15-30-28-9-2-4-11-36(28)43-38(30)37(29)42/h1-20H. The molecule has 198 valence electrons. The van der Waals surface area contributed by atoms with Gasteiger partial charge in [0.15, 0.2) is 0 Å². The molecule has 0 atom stereocenters. The van der Waals surface area contributed by atoms with Crippen molar-refractivity contribution in [3.05, 3.63) is 132 Å². The van der Waals surface area contributed by atoms with Crippen molar-refractivity contribution in [3.8, 4) is 23.5 Å². The van der Waals surface area contributed by atoms with E-state index in [1.54, 1.807) is 0 Å². The van der Waals surface area contributed by atoms with Gasteiger partial charge in [-0.2, -0.15) is 10.5 Å². The van der Waals surface area contributed by atoms with Crippen LogP contribution in [0.1, 0.15) is 11.1 Å². The Bertz CT molecular complexity index is 2710. The minimum Gasteiger partial charge on any atom is -0.309 e. The summed E-state index contributed by atoms with van der Waals surface area (Å²) in [5.41, 5.74) is 7.77. The average molecular weight is 565 g/mol. The Morgan fingerprint density at radius 2 is 1.07 bits per heavy atom. The fraction of sp³-hybridized carbons (Fsp3) is 0. The lowest BCUT2D eigenvalue weighted by atomic mass is 10.1. The highest BCUT2D eigenvalue weighted by Crippen LogP contribution is 2.43. The third-order valence-corrected chi connectivity index (χ3v) is 9.74. The van der Waals surface area contributed by atoms with Gasteiger partial charge in [-0.3, -0.25) is 0 Å². The first-order valence-corrected chi connectivity index (χ1v) is 14.9. The van der Waals surface area contributed by atoms with Crippen LogP contribution in [0.5, 0.6) is 0 Å². The van der Waals surface area contributed by atoms with Gasteiger partial charge in [-0.15, -0.1) is 11.3 Å². The fourth-order valence-corrected chi connectivity index (χ4v) is 7.95. The number of rotatable bonds is 2. The van der Waals surface area contributed by atoms with Crippen LogP contribution in [0, 0.1) is 22.7 Å². The molecule has 0 N–H and O–H groups in total. The van der Waals surface area contributed by atoms with Crippen LogP contribution in [0.3, 0.4) is 0 Å². The van der Waals surface area contributed by atoms with E-state index in [1.807, 2.05) is 47.7 Å². The summed E-state index contributed by atoms with van der Waals surface area (Å²) in [5.74, 6) is 0. The zero-order chi connectivity index (χ0) is 28.7. The van der Waals surface area contributed by atoms with Crippen LogP contribution in [0.25, 0.3) is 75.2 Å². The number of fused-ring (bicyclic) bond motifs is 10. The number of hydrogen-bond donors (Lipinski definition) is 0. The van der Waals surface area contributed by atoms with Gasteiger partial charge in [-0.25, -0.2) is 0 Å². The second kappa shape index (κ2) is 8.81. The maximum Gasteiger partial charge on any atom is 0.0991 e. The molecule has 0 aliphatic heterocycles. The third kappa shape index (κ3) is 3.29. The fourth-order valence-electron chi connectivity index (χ4n) is 6.71. The van der Waals surface area contributed by atoms with Crippen molar-refractivity contribution in [2.24, 2.45) is 0 Å². The molecule has 6 aromatic carbocycles. The number of benzene rings is 6. The highest BCUT2D eigenvalue weighted by molar-refractivity contribution is 7.26. The first kappa shape index (κ1) is 23.8. The Morgan fingerprint density at radius 3 is 1.84 bits per heavy atom. The molecule has 0 aliphatic rings. The zero-order valence-corrected chi connectivity index (χ0v) is 23.6. The van der Waals surface area contributed by atoms with Crippen molar-refractivity contribution >= 4 is 75.1 Å². The molecule has 0 fully saturated rings. The van der Waals surface area contributed by atoms with Crippen molar-refractivity contribution in [2.45, 2.75) is 0 Å². The Balaban J connectivity index is 1.39. The highest BCUT2D eigenvalue weighted by atomic mass is 32.1. The second-order valence-electron chi connectivity index (χ2n) is 10.8. The molecule has 0 bridgehead atoms. The molecule has 4 nitrogen and oxygen atoms in total. The molecule has 0 aliphatic carbocycles. The normalized spacial score (nSPS) is 11.7. The molecule has 9 rings (SSSR count). The maximum absolute atomic E-state index is 9.73. The van der Waals surface area contributed by atoms with Gasteiger partial charge in [-0.1, -0.05) is 54.6 Å². The molecule has 5 heteroatoms. The van der Waals surface area contributed by atoms with E-state index in [-0.39, 0.29) is 0 Å². The zero-order valence-electron chi connectivity index (χ0n) is 22.7. The highest BCUT2D eigenvalue weighted by Gasteiger charge is 2.19. The van der Waals surface area contributed by atoms with Crippen LogP contribution >= 0.6 is 11.3 Å². The van der Waals surface area contributed by atoms with Gasteiger partial charge in [0.1, 0.15) is 0 Å². The lowest BCUT2D eigenvalue weighted by molar-refractivity contribution is 1.14. The van der Waals surface area contributed by atoms with Crippen molar-refractivity contribution in [2.75, 3.05) is 0 Å². The molecule has 3 heterocycles. The maximum atomic E-state index is 9.73. The quantitative estimate of drug-likeness (QED) is 0.210. The summed E-state index contributed by atoms with van der Waals surface area (Å²) in [7, 11) is 0. The van der Waals surface area contributed by atoms with Crippen LogP contribution in [-0.2, 0) is 0 Å². The summed E-state index contributed by atoms with van der Waals surface area (Å²) in [4.78, 5) is 0. The van der Waals surface area contributed by atoms with E-state index in [9.17, 15) is 10.5 Å². The lowest BCUT2D eigenvalue weighted by Crippen LogP contribution is -1.98. The van der Waals surface area contributed by atoms with Crippen LogP contribution in [-0.4, -0.2) is 9.13 Å². The smallest absolute Gasteiger partial charge is 0.0991 e. The number of nitrogens with zero attached hydrogens (tertiary/aromatic N) is 4. The second-order valence-corrected chi connectivity index (χ2v) is 11.9. The monoisotopic (exact) mass is 564 g/mol. The van der Waals surface area contributed by atoms with Gasteiger partial charge < -0.3 is 9.13 Å². The molecule has 3 aromatic heterocycles. The van der Waals surface area contributed by atoms with Gasteiger partial charge in [0, 0.05) is 48.4 Å². The number of nitriles is 2. The van der Waals surface area contributed by atoms with E-state index in [0.29, 0.717) is 11.1 Å². The molecule has 0 saturated heterocycles. The lowest BCUT2D eigenvalue weighted by Gasteiger charge is -2.13. The van der Waals surface area contributed by atoms with Gasteiger partial charge in [0.25, 0.3) is 0 Å². The van der Waals surface area contributed by atoms with E-state index in [4.69, 9.17) is 0 Å². The summed E-state index contributed by atoms with van der Waals surface area (Å²) >= 11 is 1.82. The van der Waals surface area contributed by atoms with Crippen molar-refractivity contribution in [1.82, 2.24) is 9.13 Å². The molecule has 0 amide bonds. The van der Waals surface area contributed by atoms with E-state index >= 15 is 0 Å². The predicted octanol–water partition coefficient (Wildman–Crippen LogP) is 9.99. The van der Waals surface area contributed by atoms with E-state index < -0.39 is 0 Å². The number of para-hydroxylation sites is 1. The Morgan fingerprint density at radius 1 is 0.465 bits per heavy atom. The van der Waals surface area contributed by atoms with Crippen molar-refractivity contribution in [3.63, 3.8) is 0 Å². The van der Waals surface area contributed by atoms with Crippen molar-refractivity contribution in [1.29, 1.82) is 10.5 Å². The van der Waals surface area contributed by atoms with Crippen LogP contribution in [0.15, 0.2) is 121 Å². The first-order chi connectivity index (χ1) is 21.2. The number of thiophene rings is 1. The molecule has 0 spiro atoms. The van der Waals surface area contributed by atoms with Gasteiger partial charge in [0.2, 0.25) is 0 Å². The Hall–Kier alpha value is -5.88. The summed E-state index contributed by atoms with van der Waals surface area (Å²) in [6.07, 6.45) is 0. The molecule has 0 radical (unpaired) electrons. The molecular formula is C38H20N4S. The topological polar surface area (TPSA) is 57.4 Å². The minimum absolute atomic E-state index is 0.651. The van der Waals surface area contributed by atoms with Crippen LogP contribution in [0.2, 0.25) is 0 Å². The predicted molar refractivity (Wildman–Crippen MR) is 177 cm³/mol. The summed E-state index contributed by atoms with van der Waals surface area (Å²) < 4.78 is 7.13. The summed E-state index contributed by atoms with van der Waals surface area (Å²) in [5, 5.41) is 26.2. The SMILES string of the molecule is N#Cc1ccc2c(c1)c1ccccc1n2-c1cccc(-n2c3ccc(C#N)cc3c3ccc4c5ccccc5sc4c32)c1. The molecule has 9 aromatic rings. The van der Waals surface area contributed by atoms with Gasteiger partial charge in [0.05, 0.1) is 50.0 Å². The van der Waals surface area contributed by atoms with Gasteiger partial charge >= 0.3 is 0 Å². The number of aromatic nitrogens is 2. The van der Waals surface area contributed by atoms with Gasteiger partial charge in [-0.05, 0) is 66.7 Å². The Labute approximate surface area is 250 Å². The first-order valence-electron chi connectivity index (χ1n) is 14.1.